The van der Waals surface area contributed by atoms with Crippen molar-refractivity contribution < 1.29 is 48.0 Å². The van der Waals surface area contributed by atoms with Crippen LogP contribution in [0, 0.1) is 24.7 Å². The number of aromatic hydroxyl groups is 1. The first-order valence-corrected chi connectivity index (χ1v) is 22.3. The van der Waals surface area contributed by atoms with Gasteiger partial charge in [0.1, 0.15) is 11.5 Å². The number of rotatable bonds is 12. The van der Waals surface area contributed by atoms with E-state index in [2.05, 4.69) is 27.4 Å². The molecule has 1 aliphatic rings. The Hall–Kier alpha value is -3.20. The topological polar surface area (TPSA) is 174 Å². The highest BCUT2D eigenvalue weighted by Crippen LogP contribution is 2.52. The van der Waals surface area contributed by atoms with Crippen LogP contribution in [0.4, 0.5) is 0 Å². The maximum atomic E-state index is 12.3. The second-order valence-electron chi connectivity index (χ2n) is 19.0. The summed E-state index contributed by atoms with van der Waals surface area (Å²) in [6.07, 6.45) is 5.47. The summed E-state index contributed by atoms with van der Waals surface area (Å²) in [5.74, 6) is 0.0884. The average Bonchev–Trinajstić information content (AvgIpc) is 3.01. The highest BCUT2D eigenvalue weighted by Gasteiger charge is 2.43. The zero-order valence-corrected chi connectivity index (χ0v) is 38.4. The number of hydrogen-bond donors (Lipinski definition) is 6. The van der Waals surface area contributed by atoms with Gasteiger partial charge in [0.25, 0.3) is 0 Å². The third-order valence-corrected chi connectivity index (χ3v) is 11.5. The number of phenolic OH excluding ortho intramolecular Hbond substituents is 1. The summed E-state index contributed by atoms with van der Waals surface area (Å²) in [4.78, 5) is 39.8. The van der Waals surface area contributed by atoms with E-state index < -0.39 is 38.0 Å². The fraction of sp³-hybridized carbons (Fsp3) is 0.511. The van der Waals surface area contributed by atoms with Crippen LogP contribution < -0.4 is 4.52 Å². The van der Waals surface area contributed by atoms with E-state index in [0.717, 1.165) is 33.4 Å². The van der Waals surface area contributed by atoms with E-state index in [-0.39, 0.29) is 35.5 Å². The molecule has 10 nitrogen and oxygen atoms in total. The number of phosphoric acid groups is 2. The molecule has 2 aromatic rings. The van der Waals surface area contributed by atoms with Gasteiger partial charge in [-0.3, -0.25) is 14.3 Å². The van der Waals surface area contributed by atoms with Crippen molar-refractivity contribution in [1.29, 1.82) is 0 Å². The van der Waals surface area contributed by atoms with E-state index in [9.17, 15) is 38.9 Å². The minimum Gasteiger partial charge on any atom is -0.512 e. The maximum Gasteiger partial charge on any atom is 0.524 e. The Labute approximate surface area is 340 Å². The molecule has 0 saturated heterocycles. The van der Waals surface area contributed by atoms with Gasteiger partial charge in [0.15, 0.2) is 0 Å². The SMILES string of the molecule is C=C(C)C1=CC(C)(Cc2cc(C(C)(C)C)c(/C(=C\C(Cc3cc(C(C)(C)C)cc(C)c3OP(=O)(O)O)=C(/C)O)C(C)(C)C)c(C)c2O)C(OP(=O)(O)O)C(CC)=C1. The van der Waals surface area contributed by atoms with Gasteiger partial charge in [0.2, 0.25) is 0 Å². The standard InChI is InChI=1S/C45H66O10P2/c1-17-30-19-33(26(2)3)24-45(16,41(30)55-57(51,52)53)25-34-23-37(44(13,14)15)38(28(5)39(34)47)36(43(10,11)12)22-31(29(6)46)20-32-21-35(42(7,8)9)18-27(4)40(32)54-56(48,49)50/h18-19,21-24,41,46-47H,2,17,20,25H2,1,3-16H3,(H2,48,49,50)(H2,51,52,53)/b31-29+,36-22+. The lowest BCUT2D eigenvalue weighted by Gasteiger charge is -2.41. The summed E-state index contributed by atoms with van der Waals surface area (Å²) in [5, 5.41) is 23.5. The molecule has 0 saturated carbocycles. The van der Waals surface area contributed by atoms with Crippen LogP contribution in [-0.2, 0) is 37.3 Å². The zero-order chi connectivity index (χ0) is 44.0. The van der Waals surface area contributed by atoms with Crippen molar-refractivity contribution in [2.45, 2.75) is 140 Å². The van der Waals surface area contributed by atoms with Crippen LogP contribution in [0.5, 0.6) is 11.5 Å². The number of aryl methyl sites for hydroxylation is 1. The Morgan fingerprint density at radius 2 is 1.49 bits per heavy atom. The number of hydrogen-bond acceptors (Lipinski definition) is 6. The Morgan fingerprint density at radius 1 is 0.912 bits per heavy atom. The molecule has 12 heteroatoms. The second kappa shape index (κ2) is 16.8. The van der Waals surface area contributed by atoms with Crippen LogP contribution in [-0.4, -0.2) is 35.9 Å². The summed E-state index contributed by atoms with van der Waals surface area (Å²) in [5.41, 5.74) is 6.15. The molecule has 0 fully saturated rings. The lowest BCUT2D eigenvalue weighted by atomic mass is 9.68. The molecule has 0 aliphatic heterocycles. The van der Waals surface area contributed by atoms with Crippen molar-refractivity contribution in [1.82, 2.24) is 0 Å². The van der Waals surface area contributed by atoms with Crippen LogP contribution in [0.1, 0.15) is 135 Å². The molecular weight excluding hydrogens is 762 g/mol. The Balaban J connectivity index is 2.39. The van der Waals surface area contributed by atoms with Crippen molar-refractivity contribution in [3.05, 3.63) is 110 Å². The molecule has 3 rings (SSSR count). The van der Waals surface area contributed by atoms with Crippen LogP contribution in [0.2, 0.25) is 0 Å². The number of aliphatic hydroxyl groups is 1. The van der Waals surface area contributed by atoms with Gasteiger partial charge in [-0.1, -0.05) is 125 Å². The first-order valence-electron chi connectivity index (χ1n) is 19.3. The number of allylic oxidation sites excluding steroid dienone is 7. The average molecular weight is 829 g/mol. The minimum absolute atomic E-state index is 0.00899. The van der Waals surface area contributed by atoms with Crippen molar-refractivity contribution in [3.8, 4) is 11.5 Å². The number of phenols is 1. The molecule has 57 heavy (non-hydrogen) atoms. The van der Waals surface area contributed by atoms with Gasteiger partial charge in [0.05, 0.1) is 11.9 Å². The molecule has 0 aromatic heterocycles. The Kier molecular flexibility index (Phi) is 14.2. The van der Waals surface area contributed by atoms with Crippen LogP contribution in [0.15, 0.2) is 71.1 Å². The lowest BCUT2D eigenvalue weighted by Crippen LogP contribution is -2.38. The number of benzene rings is 2. The molecule has 2 atom stereocenters. The van der Waals surface area contributed by atoms with Gasteiger partial charge in [-0.2, -0.15) is 0 Å². The monoisotopic (exact) mass is 828 g/mol. The van der Waals surface area contributed by atoms with Crippen molar-refractivity contribution in [3.63, 3.8) is 0 Å². The second-order valence-corrected chi connectivity index (χ2v) is 21.4. The van der Waals surface area contributed by atoms with E-state index in [4.69, 9.17) is 9.05 Å². The van der Waals surface area contributed by atoms with Gasteiger partial charge in [-0.05, 0) is 118 Å². The van der Waals surface area contributed by atoms with Crippen molar-refractivity contribution >= 4 is 21.2 Å². The summed E-state index contributed by atoms with van der Waals surface area (Å²) in [6, 6.07) is 5.68. The van der Waals surface area contributed by atoms with E-state index in [1.165, 1.54) is 0 Å². The molecule has 0 heterocycles. The first-order chi connectivity index (χ1) is 25.6. The Bertz CT molecular complexity index is 2120. The van der Waals surface area contributed by atoms with Crippen LogP contribution in [0.3, 0.4) is 0 Å². The van der Waals surface area contributed by atoms with E-state index in [1.54, 1.807) is 13.8 Å². The van der Waals surface area contributed by atoms with Crippen molar-refractivity contribution in [2.75, 3.05) is 0 Å². The lowest BCUT2D eigenvalue weighted by molar-refractivity contribution is 0.0796. The molecule has 2 aromatic carbocycles. The summed E-state index contributed by atoms with van der Waals surface area (Å²) in [6.45, 7) is 33.4. The smallest absolute Gasteiger partial charge is 0.512 e. The van der Waals surface area contributed by atoms with Crippen LogP contribution in [0.25, 0.3) is 5.57 Å². The Morgan fingerprint density at radius 3 is 1.93 bits per heavy atom. The first kappa shape index (κ1) is 48.2. The molecule has 0 amide bonds. The zero-order valence-electron chi connectivity index (χ0n) is 36.6. The van der Waals surface area contributed by atoms with Gasteiger partial charge in [0, 0.05) is 11.8 Å². The van der Waals surface area contributed by atoms with Gasteiger partial charge < -0.3 is 24.5 Å². The van der Waals surface area contributed by atoms with E-state index in [0.29, 0.717) is 39.8 Å². The fourth-order valence-electron chi connectivity index (χ4n) is 7.52. The molecule has 1 aliphatic carbocycles. The molecule has 6 N–H and O–H groups in total. The number of aliphatic hydroxyl groups excluding tert-OH is 1. The largest absolute Gasteiger partial charge is 0.524 e. The minimum atomic E-state index is -4.93. The third kappa shape index (κ3) is 11.9. The molecule has 0 radical (unpaired) electrons. The third-order valence-electron chi connectivity index (χ3n) is 10.6. The molecule has 316 valence electrons. The molecular formula is C45H66O10P2. The quantitative estimate of drug-likeness (QED) is 0.0686. The van der Waals surface area contributed by atoms with Gasteiger partial charge in [-0.25, -0.2) is 9.13 Å². The predicted molar refractivity (Wildman–Crippen MR) is 231 cm³/mol. The normalized spacial score (nSPS) is 19.2. The van der Waals surface area contributed by atoms with Gasteiger partial charge in [-0.15, -0.1) is 0 Å². The molecule has 0 spiro atoms. The summed E-state index contributed by atoms with van der Waals surface area (Å²) < 4.78 is 35.3. The molecule has 2 unspecified atom stereocenters. The highest BCUT2D eigenvalue weighted by atomic mass is 31.2. The highest BCUT2D eigenvalue weighted by molar-refractivity contribution is 7.46. The van der Waals surface area contributed by atoms with E-state index in [1.807, 2.05) is 106 Å². The summed E-state index contributed by atoms with van der Waals surface area (Å²) >= 11 is 0. The van der Waals surface area contributed by atoms with Crippen molar-refractivity contribution in [2.24, 2.45) is 10.8 Å². The van der Waals surface area contributed by atoms with Crippen LogP contribution >= 0.6 is 15.6 Å². The predicted octanol–water partition coefficient (Wildman–Crippen LogP) is 11.5. The maximum absolute atomic E-state index is 12.3. The van der Waals surface area contributed by atoms with E-state index >= 15 is 0 Å². The van der Waals surface area contributed by atoms with Gasteiger partial charge >= 0.3 is 15.6 Å². The number of phosphoric ester groups is 2. The fourth-order valence-corrected chi connectivity index (χ4v) is 8.67. The summed E-state index contributed by atoms with van der Waals surface area (Å²) in [7, 11) is -9.85. The molecule has 0 bridgehead atoms.